The molecular formula is C21H26N4O2S. The number of nitrogens with zero attached hydrogens (tertiary/aromatic N) is 3. The molecule has 148 valence electrons. The number of ether oxygens (including phenoxy) is 1. The maximum absolute atomic E-state index is 12.4. The zero-order valence-corrected chi connectivity index (χ0v) is 17.2. The summed E-state index contributed by atoms with van der Waals surface area (Å²) in [5, 5.41) is 5.60. The van der Waals surface area contributed by atoms with E-state index < -0.39 is 0 Å². The van der Waals surface area contributed by atoms with Crippen LogP contribution in [-0.2, 0) is 11.3 Å². The number of hydrogen-bond acceptors (Lipinski definition) is 6. The van der Waals surface area contributed by atoms with Crippen LogP contribution in [0.15, 0.2) is 40.5 Å². The van der Waals surface area contributed by atoms with Crippen molar-refractivity contribution < 1.29 is 4.74 Å². The van der Waals surface area contributed by atoms with Crippen molar-refractivity contribution >= 4 is 16.3 Å². The van der Waals surface area contributed by atoms with E-state index in [1.807, 2.05) is 12.3 Å². The van der Waals surface area contributed by atoms with Crippen molar-refractivity contribution in [3.63, 3.8) is 0 Å². The lowest BCUT2D eigenvalue weighted by atomic mass is 10.0. The Balaban J connectivity index is 1.53. The van der Waals surface area contributed by atoms with Crippen LogP contribution in [0.4, 0.5) is 0 Å². The molecule has 3 heterocycles. The van der Waals surface area contributed by atoms with Gasteiger partial charge in [0.2, 0.25) is 0 Å². The van der Waals surface area contributed by atoms with Gasteiger partial charge in [0.05, 0.1) is 18.9 Å². The minimum Gasteiger partial charge on any atom is -0.379 e. The smallest absolute Gasteiger partial charge is 0.259 e. The second kappa shape index (κ2) is 8.53. The number of nitrogens with one attached hydrogen (secondary N) is 1. The van der Waals surface area contributed by atoms with Crippen LogP contribution in [-0.4, -0.2) is 47.1 Å². The minimum atomic E-state index is -0.0133. The van der Waals surface area contributed by atoms with Crippen LogP contribution in [0.25, 0.3) is 4.96 Å². The molecule has 1 atom stereocenters. The van der Waals surface area contributed by atoms with E-state index in [-0.39, 0.29) is 11.6 Å². The van der Waals surface area contributed by atoms with Crippen LogP contribution in [0, 0.1) is 13.8 Å². The van der Waals surface area contributed by atoms with Crippen LogP contribution in [0.1, 0.15) is 28.6 Å². The molecule has 0 aliphatic carbocycles. The lowest BCUT2D eigenvalue weighted by molar-refractivity contribution is 0.0333. The Bertz CT molecular complexity index is 990. The molecule has 1 fully saturated rings. The Kier molecular flexibility index (Phi) is 5.87. The summed E-state index contributed by atoms with van der Waals surface area (Å²) in [6.45, 7) is 8.97. The highest BCUT2D eigenvalue weighted by molar-refractivity contribution is 7.15. The molecule has 0 amide bonds. The van der Waals surface area contributed by atoms with Gasteiger partial charge in [-0.3, -0.25) is 14.1 Å². The van der Waals surface area contributed by atoms with Gasteiger partial charge in [0.1, 0.15) is 0 Å². The lowest BCUT2D eigenvalue weighted by Crippen LogP contribution is -2.41. The normalized spacial score (nSPS) is 16.5. The summed E-state index contributed by atoms with van der Waals surface area (Å²) < 4.78 is 7.15. The standard InChI is InChI=1S/C21H26N4O2S/c1-15-3-5-17(6-4-15)19(13-24-7-9-27-10-8-24)22-12-18-11-20(26)25-16(2)14-28-21(25)23-18/h3-6,11,14,19,22H,7-10,12-13H2,1-2H3. The van der Waals surface area contributed by atoms with Crippen molar-refractivity contribution in [1.29, 1.82) is 0 Å². The highest BCUT2D eigenvalue weighted by atomic mass is 32.1. The van der Waals surface area contributed by atoms with E-state index in [1.165, 1.54) is 22.5 Å². The van der Waals surface area contributed by atoms with Gasteiger partial charge in [0, 0.05) is 49.4 Å². The first-order valence-electron chi connectivity index (χ1n) is 9.67. The summed E-state index contributed by atoms with van der Waals surface area (Å²) in [5.74, 6) is 0. The topological polar surface area (TPSA) is 58.9 Å². The maximum atomic E-state index is 12.4. The van der Waals surface area contributed by atoms with E-state index >= 15 is 0 Å². The first-order chi connectivity index (χ1) is 13.6. The van der Waals surface area contributed by atoms with E-state index in [2.05, 4.69) is 46.4 Å². The molecule has 28 heavy (non-hydrogen) atoms. The fourth-order valence-electron chi connectivity index (χ4n) is 3.55. The maximum Gasteiger partial charge on any atom is 0.259 e. The Morgan fingerprint density at radius 1 is 1.21 bits per heavy atom. The van der Waals surface area contributed by atoms with E-state index in [9.17, 15) is 4.79 Å². The summed E-state index contributed by atoms with van der Waals surface area (Å²) in [7, 11) is 0. The fourth-order valence-corrected chi connectivity index (χ4v) is 4.44. The van der Waals surface area contributed by atoms with Crippen molar-refractivity contribution in [3.8, 4) is 0 Å². The average Bonchev–Trinajstić information content (AvgIpc) is 3.08. The third kappa shape index (κ3) is 4.33. The molecule has 0 radical (unpaired) electrons. The fraction of sp³-hybridized carbons (Fsp3) is 0.429. The molecule has 0 saturated carbocycles. The van der Waals surface area contributed by atoms with Crippen molar-refractivity contribution in [3.05, 3.63) is 68.6 Å². The summed E-state index contributed by atoms with van der Waals surface area (Å²) in [6.07, 6.45) is 0. The third-order valence-electron chi connectivity index (χ3n) is 5.18. The number of fused-ring (bicyclic) bond motifs is 1. The molecule has 1 aliphatic heterocycles. The SMILES string of the molecule is Cc1ccc(C(CN2CCOCC2)NCc2cc(=O)n3c(C)csc3n2)cc1. The monoisotopic (exact) mass is 398 g/mol. The van der Waals surface area contributed by atoms with E-state index in [0.717, 1.165) is 49.2 Å². The molecule has 1 aromatic carbocycles. The zero-order valence-electron chi connectivity index (χ0n) is 16.4. The van der Waals surface area contributed by atoms with E-state index in [4.69, 9.17) is 4.74 Å². The van der Waals surface area contributed by atoms with Gasteiger partial charge in [-0.1, -0.05) is 29.8 Å². The van der Waals surface area contributed by atoms with E-state index in [1.54, 1.807) is 10.5 Å². The van der Waals surface area contributed by atoms with Crippen LogP contribution >= 0.6 is 11.3 Å². The van der Waals surface area contributed by atoms with Gasteiger partial charge in [0.15, 0.2) is 4.96 Å². The second-order valence-electron chi connectivity index (χ2n) is 7.34. The number of rotatable bonds is 6. The quantitative estimate of drug-likeness (QED) is 0.692. The summed E-state index contributed by atoms with van der Waals surface area (Å²) in [6, 6.07) is 10.5. The van der Waals surface area contributed by atoms with Crippen LogP contribution in [0.2, 0.25) is 0 Å². The van der Waals surface area contributed by atoms with Gasteiger partial charge >= 0.3 is 0 Å². The third-order valence-corrected chi connectivity index (χ3v) is 6.13. The van der Waals surface area contributed by atoms with Crippen molar-refractivity contribution in [2.75, 3.05) is 32.8 Å². The number of hydrogen-bond donors (Lipinski definition) is 1. The molecule has 7 heteroatoms. The predicted molar refractivity (Wildman–Crippen MR) is 112 cm³/mol. The number of benzene rings is 1. The molecule has 2 aromatic heterocycles. The van der Waals surface area contributed by atoms with Gasteiger partial charge in [-0.05, 0) is 19.4 Å². The molecule has 1 saturated heterocycles. The van der Waals surface area contributed by atoms with E-state index in [0.29, 0.717) is 6.54 Å². The molecular weight excluding hydrogens is 372 g/mol. The molecule has 1 unspecified atom stereocenters. The van der Waals surface area contributed by atoms with Gasteiger partial charge < -0.3 is 10.1 Å². The lowest BCUT2D eigenvalue weighted by Gasteiger charge is -2.31. The minimum absolute atomic E-state index is 0.0133. The van der Waals surface area contributed by atoms with Gasteiger partial charge in [-0.25, -0.2) is 4.98 Å². The first kappa shape index (κ1) is 19.3. The molecule has 4 rings (SSSR count). The summed E-state index contributed by atoms with van der Waals surface area (Å²) >= 11 is 1.50. The molecule has 0 spiro atoms. The zero-order chi connectivity index (χ0) is 19.5. The predicted octanol–water partition coefficient (Wildman–Crippen LogP) is 2.54. The van der Waals surface area contributed by atoms with Gasteiger partial charge in [0.25, 0.3) is 5.56 Å². The highest BCUT2D eigenvalue weighted by Gasteiger charge is 2.18. The van der Waals surface area contributed by atoms with Gasteiger partial charge in [-0.2, -0.15) is 0 Å². The number of aromatic nitrogens is 2. The summed E-state index contributed by atoms with van der Waals surface area (Å²) in [5.41, 5.74) is 4.21. The van der Waals surface area contributed by atoms with Crippen LogP contribution < -0.4 is 10.9 Å². The van der Waals surface area contributed by atoms with Crippen molar-refractivity contribution in [2.45, 2.75) is 26.4 Å². The molecule has 1 aliphatic rings. The number of morpholine rings is 1. The van der Waals surface area contributed by atoms with Gasteiger partial charge in [-0.15, -0.1) is 11.3 Å². The Hall–Kier alpha value is -2.06. The molecule has 0 bridgehead atoms. The van der Waals surface area contributed by atoms with Crippen LogP contribution in [0.5, 0.6) is 0 Å². The molecule has 3 aromatic rings. The van der Waals surface area contributed by atoms with Crippen molar-refractivity contribution in [1.82, 2.24) is 19.6 Å². The highest BCUT2D eigenvalue weighted by Crippen LogP contribution is 2.18. The largest absolute Gasteiger partial charge is 0.379 e. The Morgan fingerprint density at radius 2 is 1.96 bits per heavy atom. The Morgan fingerprint density at radius 3 is 2.71 bits per heavy atom. The first-order valence-corrected chi connectivity index (χ1v) is 10.5. The number of aryl methyl sites for hydroxylation is 2. The Labute approximate surface area is 168 Å². The summed E-state index contributed by atoms with van der Waals surface area (Å²) in [4.78, 5) is 20.3. The molecule has 6 nitrogen and oxygen atoms in total. The van der Waals surface area contributed by atoms with Crippen LogP contribution in [0.3, 0.4) is 0 Å². The number of thiazole rings is 1. The average molecular weight is 399 g/mol. The van der Waals surface area contributed by atoms with Crippen molar-refractivity contribution in [2.24, 2.45) is 0 Å². The second-order valence-corrected chi connectivity index (χ2v) is 8.17. The molecule has 1 N–H and O–H groups in total.